The number of nitrogens with zero attached hydrogens (tertiary/aromatic N) is 1. The molecule has 0 fully saturated rings. The third-order valence-corrected chi connectivity index (χ3v) is 3.31. The van der Waals surface area contributed by atoms with Gasteiger partial charge in [0, 0.05) is 39.1 Å². The van der Waals surface area contributed by atoms with Crippen LogP contribution in [-0.2, 0) is 9.47 Å². The van der Waals surface area contributed by atoms with Crippen LogP contribution >= 0.6 is 24.0 Å². The average Bonchev–Trinajstić information content (AvgIpc) is 2.62. The third-order valence-electron chi connectivity index (χ3n) is 3.31. The number of methoxy groups -OCH3 is 3. The number of hydrogen-bond donors (Lipinski definition) is 2. The lowest BCUT2D eigenvalue weighted by Gasteiger charge is -2.14. The standard InChI is InChI=1S/C17H29N3O4.HI/c1-18-17(19-9-5-6-10-24-12-11-21-2)20-14-7-8-15(22-3)16(13-14)23-4;/h7-8,13H,5-6,9-12H2,1-4H3,(H2,18,19,20);1H. The van der Waals surface area contributed by atoms with Gasteiger partial charge >= 0.3 is 0 Å². The quantitative estimate of drug-likeness (QED) is 0.226. The maximum absolute atomic E-state index is 5.43. The smallest absolute Gasteiger partial charge is 0.195 e. The normalized spacial score (nSPS) is 10.8. The average molecular weight is 467 g/mol. The molecular formula is C17H30IN3O4. The Kier molecular flexibility index (Phi) is 14.3. The first-order valence-corrected chi connectivity index (χ1v) is 8.01. The monoisotopic (exact) mass is 467 g/mol. The molecule has 0 aromatic heterocycles. The zero-order valence-electron chi connectivity index (χ0n) is 15.5. The van der Waals surface area contributed by atoms with E-state index in [0.717, 1.165) is 31.7 Å². The summed E-state index contributed by atoms with van der Waals surface area (Å²) in [4.78, 5) is 4.21. The largest absolute Gasteiger partial charge is 0.493 e. The van der Waals surface area contributed by atoms with E-state index in [1.165, 1.54) is 0 Å². The zero-order chi connectivity index (χ0) is 17.6. The second-order valence-electron chi connectivity index (χ2n) is 5.01. The van der Waals surface area contributed by atoms with Gasteiger partial charge in [-0.15, -0.1) is 24.0 Å². The van der Waals surface area contributed by atoms with E-state index in [2.05, 4.69) is 15.6 Å². The minimum atomic E-state index is 0. The van der Waals surface area contributed by atoms with E-state index in [1.54, 1.807) is 28.4 Å². The Morgan fingerprint density at radius 3 is 2.40 bits per heavy atom. The van der Waals surface area contributed by atoms with Crippen molar-refractivity contribution in [2.24, 2.45) is 4.99 Å². The van der Waals surface area contributed by atoms with Crippen LogP contribution in [0, 0.1) is 0 Å². The van der Waals surface area contributed by atoms with Crippen molar-refractivity contribution < 1.29 is 18.9 Å². The number of rotatable bonds is 11. The number of benzene rings is 1. The Bertz CT molecular complexity index is 501. The van der Waals surface area contributed by atoms with Gasteiger partial charge in [-0.05, 0) is 25.0 Å². The SMILES string of the molecule is CN=C(NCCCCOCCOC)Nc1ccc(OC)c(OC)c1.I. The van der Waals surface area contributed by atoms with Crippen LogP contribution in [0.3, 0.4) is 0 Å². The molecule has 1 aromatic rings. The van der Waals surface area contributed by atoms with Crippen LogP contribution in [-0.4, -0.2) is 60.7 Å². The second-order valence-corrected chi connectivity index (χ2v) is 5.01. The van der Waals surface area contributed by atoms with E-state index in [4.69, 9.17) is 18.9 Å². The van der Waals surface area contributed by atoms with E-state index < -0.39 is 0 Å². The van der Waals surface area contributed by atoms with Gasteiger partial charge < -0.3 is 29.6 Å². The van der Waals surface area contributed by atoms with Gasteiger partial charge in [-0.1, -0.05) is 0 Å². The summed E-state index contributed by atoms with van der Waals surface area (Å²) in [6.45, 7) is 2.85. The fraction of sp³-hybridized carbons (Fsp3) is 0.588. The van der Waals surface area contributed by atoms with E-state index in [-0.39, 0.29) is 24.0 Å². The van der Waals surface area contributed by atoms with E-state index >= 15 is 0 Å². The Balaban J connectivity index is 0.00000576. The molecule has 2 N–H and O–H groups in total. The van der Waals surface area contributed by atoms with Crippen molar-refractivity contribution in [2.75, 3.05) is 60.1 Å². The Morgan fingerprint density at radius 1 is 1.00 bits per heavy atom. The van der Waals surface area contributed by atoms with Gasteiger partial charge in [-0.3, -0.25) is 4.99 Å². The first-order valence-electron chi connectivity index (χ1n) is 8.01. The van der Waals surface area contributed by atoms with Crippen LogP contribution in [0.25, 0.3) is 0 Å². The number of ether oxygens (including phenoxy) is 4. The minimum absolute atomic E-state index is 0. The fourth-order valence-corrected chi connectivity index (χ4v) is 2.01. The molecule has 0 aliphatic rings. The van der Waals surface area contributed by atoms with Gasteiger partial charge in [-0.2, -0.15) is 0 Å². The first-order chi connectivity index (χ1) is 11.7. The third kappa shape index (κ3) is 9.71. The van der Waals surface area contributed by atoms with Crippen LogP contribution < -0.4 is 20.1 Å². The molecule has 0 radical (unpaired) electrons. The zero-order valence-corrected chi connectivity index (χ0v) is 17.8. The molecule has 0 saturated heterocycles. The highest BCUT2D eigenvalue weighted by Gasteiger charge is 2.06. The summed E-state index contributed by atoms with van der Waals surface area (Å²) in [6.07, 6.45) is 1.99. The van der Waals surface area contributed by atoms with Gasteiger partial charge in [0.1, 0.15) is 0 Å². The summed E-state index contributed by atoms with van der Waals surface area (Å²) < 4.78 is 20.9. The molecule has 0 bridgehead atoms. The van der Waals surface area contributed by atoms with Crippen molar-refractivity contribution in [2.45, 2.75) is 12.8 Å². The summed E-state index contributed by atoms with van der Waals surface area (Å²) in [6, 6.07) is 5.64. The van der Waals surface area contributed by atoms with Crippen molar-refractivity contribution in [3.8, 4) is 11.5 Å². The number of unbranched alkanes of at least 4 members (excludes halogenated alkanes) is 1. The van der Waals surface area contributed by atoms with Gasteiger partial charge in [-0.25, -0.2) is 0 Å². The highest BCUT2D eigenvalue weighted by Crippen LogP contribution is 2.29. The highest BCUT2D eigenvalue weighted by molar-refractivity contribution is 14.0. The molecule has 0 spiro atoms. The van der Waals surface area contributed by atoms with Gasteiger partial charge in [0.25, 0.3) is 0 Å². The number of anilines is 1. The van der Waals surface area contributed by atoms with Crippen molar-refractivity contribution in [1.29, 1.82) is 0 Å². The van der Waals surface area contributed by atoms with Crippen molar-refractivity contribution in [3.05, 3.63) is 18.2 Å². The van der Waals surface area contributed by atoms with E-state index in [0.29, 0.717) is 30.7 Å². The Hall–Kier alpha value is -1.26. The summed E-state index contributed by atoms with van der Waals surface area (Å²) in [7, 11) is 6.64. The van der Waals surface area contributed by atoms with E-state index in [9.17, 15) is 0 Å². The molecule has 0 saturated carbocycles. The van der Waals surface area contributed by atoms with Crippen LogP contribution in [0.15, 0.2) is 23.2 Å². The van der Waals surface area contributed by atoms with Crippen molar-refractivity contribution in [1.82, 2.24) is 5.32 Å². The second kappa shape index (κ2) is 15.0. The van der Waals surface area contributed by atoms with E-state index in [1.807, 2.05) is 18.2 Å². The van der Waals surface area contributed by atoms with Crippen molar-refractivity contribution >= 4 is 35.6 Å². The molecule has 1 rings (SSSR count). The van der Waals surface area contributed by atoms with Crippen LogP contribution in [0.1, 0.15) is 12.8 Å². The lowest BCUT2D eigenvalue weighted by molar-refractivity contribution is 0.0689. The predicted molar refractivity (Wildman–Crippen MR) is 112 cm³/mol. The van der Waals surface area contributed by atoms with Crippen LogP contribution in [0.4, 0.5) is 5.69 Å². The molecule has 0 aliphatic heterocycles. The molecule has 0 atom stereocenters. The highest BCUT2D eigenvalue weighted by atomic mass is 127. The topological polar surface area (TPSA) is 73.3 Å². The predicted octanol–water partition coefficient (Wildman–Crippen LogP) is 2.75. The number of nitrogens with one attached hydrogen (secondary N) is 2. The summed E-state index contributed by atoms with van der Waals surface area (Å²) in [5, 5.41) is 6.50. The molecule has 8 heteroatoms. The van der Waals surface area contributed by atoms with Crippen LogP contribution in [0.5, 0.6) is 11.5 Å². The molecule has 7 nitrogen and oxygen atoms in total. The maximum Gasteiger partial charge on any atom is 0.195 e. The maximum atomic E-state index is 5.43. The minimum Gasteiger partial charge on any atom is -0.493 e. The molecule has 0 heterocycles. The Morgan fingerprint density at radius 2 is 1.76 bits per heavy atom. The van der Waals surface area contributed by atoms with Gasteiger partial charge in [0.05, 0.1) is 27.4 Å². The Labute approximate surface area is 167 Å². The first kappa shape index (κ1) is 23.7. The molecule has 0 unspecified atom stereocenters. The summed E-state index contributed by atoms with van der Waals surface area (Å²) in [5.41, 5.74) is 0.878. The summed E-state index contributed by atoms with van der Waals surface area (Å²) in [5.74, 6) is 2.08. The van der Waals surface area contributed by atoms with Crippen LogP contribution in [0.2, 0.25) is 0 Å². The number of guanidine groups is 1. The fourth-order valence-electron chi connectivity index (χ4n) is 2.01. The molecule has 1 aromatic carbocycles. The summed E-state index contributed by atoms with van der Waals surface area (Å²) >= 11 is 0. The number of aliphatic imine (C=N–C) groups is 1. The number of halogens is 1. The molecule has 0 amide bonds. The lowest BCUT2D eigenvalue weighted by Crippen LogP contribution is -2.31. The number of hydrogen-bond acceptors (Lipinski definition) is 5. The lowest BCUT2D eigenvalue weighted by atomic mass is 10.2. The van der Waals surface area contributed by atoms with Gasteiger partial charge in [0.15, 0.2) is 17.5 Å². The van der Waals surface area contributed by atoms with Crippen molar-refractivity contribution in [3.63, 3.8) is 0 Å². The molecule has 144 valence electrons. The van der Waals surface area contributed by atoms with Gasteiger partial charge in [0.2, 0.25) is 0 Å². The molecule has 25 heavy (non-hydrogen) atoms. The molecular weight excluding hydrogens is 437 g/mol. The molecule has 0 aliphatic carbocycles.